The maximum atomic E-state index is 11.4. The van der Waals surface area contributed by atoms with Gasteiger partial charge in [0.15, 0.2) is 6.61 Å². The molecular weight excluding hydrogens is 198 g/mol. The minimum absolute atomic E-state index is 0.191. The summed E-state index contributed by atoms with van der Waals surface area (Å²) < 4.78 is 4.51. The van der Waals surface area contributed by atoms with Gasteiger partial charge in [0.1, 0.15) is 0 Å². The number of ether oxygens (including phenoxy) is 1. The second-order valence-electron chi connectivity index (χ2n) is 3.06. The molecule has 0 aliphatic rings. The van der Waals surface area contributed by atoms with E-state index < -0.39 is 18.5 Å². The topological polar surface area (TPSA) is 89.6 Å². The number of carboxylic acids is 1. The molecule has 0 atom stereocenters. The molecule has 0 unspecified atom stereocenters. The number of benzene rings is 1. The van der Waals surface area contributed by atoms with Gasteiger partial charge in [-0.15, -0.1) is 0 Å². The average Bonchev–Trinajstić information content (AvgIpc) is 2.18. The molecule has 0 aliphatic carbocycles. The highest BCUT2D eigenvalue weighted by Crippen LogP contribution is 2.14. The molecule has 0 heterocycles. The first kappa shape index (κ1) is 11.0. The van der Waals surface area contributed by atoms with E-state index in [1.807, 2.05) is 0 Å². The number of hydrogen-bond acceptors (Lipinski definition) is 4. The van der Waals surface area contributed by atoms with Crippen molar-refractivity contribution in [2.75, 3.05) is 12.3 Å². The van der Waals surface area contributed by atoms with Gasteiger partial charge >= 0.3 is 11.9 Å². The van der Waals surface area contributed by atoms with Gasteiger partial charge < -0.3 is 15.6 Å². The van der Waals surface area contributed by atoms with Crippen molar-refractivity contribution < 1.29 is 19.4 Å². The average molecular weight is 209 g/mol. The van der Waals surface area contributed by atoms with Crippen LogP contribution in [-0.2, 0) is 9.53 Å². The highest BCUT2D eigenvalue weighted by Gasteiger charge is 2.12. The summed E-state index contributed by atoms with van der Waals surface area (Å²) in [5.41, 5.74) is 6.87. The number of rotatable bonds is 3. The van der Waals surface area contributed by atoms with Crippen LogP contribution in [-0.4, -0.2) is 23.7 Å². The van der Waals surface area contributed by atoms with Crippen molar-refractivity contribution in [1.29, 1.82) is 0 Å². The lowest BCUT2D eigenvalue weighted by atomic mass is 10.1. The fourth-order valence-electron chi connectivity index (χ4n) is 1.05. The zero-order valence-electron chi connectivity index (χ0n) is 8.19. The highest BCUT2D eigenvalue weighted by atomic mass is 16.5. The molecule has 15 heavy (non-hydrogen) atoms. The third kappa shape index (κ3) is 2.98. The summed E-state index contributed by atoms with van der Waals surface area (Å²) in [4.78, 5) is 21.5. The Morgan fingerprint density at radius 2 is 2.13 bits per heavy atom. The molecule has 5 nitrogen and oxygen atoms in total. The Labute approximate surface area is 86.5 Å². The second-order valence-corrected chi connectivity index (χ2v) is 3.06. The monoisotopic (exact) mass is 209 g/mol. The molecule has 0 saturated carbocycles. The van der Waals surface area contributed by atoms with E-state index in [1.54, 1.807) is 25.1 Å². The van der Waals surface area contributed by atoms with Crippen LogP contribution in [0.2, 0.25) is 0 Å². The van der Waals surface area contributed by atoms with Crippen molar-refractivity contribution >= 4 is 17.6 Å². The highest BCUT2D eigenvalue weighted by molar-refractivity contribution is 5.96. The summed E-state index contributed by atoms with van der Waals surface area (Å²) in [7, 11) is 0. The summed E-state index contributed by atoms with van der Waals surface area (Å²) in [5, 5.41) is 8.32. The number of nitrogens with two attached hydrogens (primary N) is 1. The number of anilines is 1. The number of aryl methyl sites for hydroxylation is 1. The zero-order valence-corrected chi connectivity index (χ0v) is 8.19. The SMILES string of the molecule is Cc1ccc(N)c(C(=O)OCC(=O)O)c1. The maximum Gasteiger partial charge on any atom is 0.341 e. The molecule has 80 valence electrons. The molecule has 1 rings (SSSR count). The Hall–Kier alpha value is -2.04. The smallest absolute Gasteiger partial charge is 0.341 e. The van der Waals surface area contributed by atoms with E-state index in [0.29, 0.717) is 0 Å². The Kier molecular flexibility index (Phi) is 3.28. The molecule has 3 N–H and O–H groups in total. The predicted octanol–water partition coefficient (Wildman–Crippen LogP) is 0.819. The van der Waals surface area contributed by atoms with Gasteiger partial charge in [-0.2, -0.15) is 0 Å². The van der Waals surface area contributed by atoms with Crippen LogP contribution in [0.15, 0.2) is 18.2 Å². The van der Waals surface area contributed by atoms with Gasteiger partial charge in [-0.25, -0.2) is 9.59 Å². The van der Waals surface area contributed by atoms with Gasteiger partial charge in [0.05, 0.1) is 5.56 Å². The quantitative estimate of drug-likeness (QED) is 0.568. The molecule has 0 fully saturated rings. The van der Waals surface area contributed by atoms with Crippen LogP contribution in [0.5, 0.6) is 0 Å². The Bertz CT molecular complexity index is 400. The van der Waals surface area contributed by atoms with Crippen LogP contribution >= 0.6 is 0 Å². The van der Waals surface area contributed by atoms with Crippen molar-refractivity contribution in [1.82, 2.24) is 0 Å². The van der Waals surface area contributed by atoms with E-state index in [0.717, 1.165) is 5.56 Å². The number of esters is 1. The zero-order chi connectivity index (χ0) is 11.4. The van der Waals surface area contributed by atoms with Crippen molar-refractivity contribution in [2.24, 2.45) is 0 Å². The largest absolute Gasteiger partial charge is 0.479 e. The number of nitrogen functional groups attached to an aromatic ring is 1. The van der Waals surface area contributed by atoms with Gasteiger partial charge in [0.25, 0.3) is 0 Å². The molecule has 1 aromatic carbocycles. The molecule has 5 heteroatoms. The summed E-state index contributed by atoms with van der Waals surface area (Å²) in [5.74, 6) is -1.92. The van der Waals surface area contributed by atoms with E-state index in [1.165, 1.54) is 0 Å². The minimum atomic E-state index is -1.20. The first-order chi connectivity index (χ1) is 7.00. The van der Waals surface area contributed by atoms with Crippen LogP contribution in [0.4, 0.5) is 5.69 Å². The van der Waals surface area contributed by atoms with Gasteiger partial charge in [-0.05, 0) is 19.1 Å². The lowest BCUT2D eigenvalue weighted by molar-refractivity contribution is -0.140. The van der Waals surface area contributed by atoms with Crippen LogP contribution in [0, 0.1) is 6.92 Å². The fraction of sp³-hybridized carbons (Fsp3) is 0.200. The lowest BCUT2D eigenvalue weighted by Gasteiger charge is -2.05. The molecule has 1 aromatic rings. The van der Waals surface area contributed by atoms with Gasteiger partial charge in [-0.1, -0.05) is 11.6 Å². The van der Waals surface area contributed by atoms with E-state index in [-0.39, 0.29) is 11.3 Å². The second kappa shape index (κ2) is 4.45. The molecule has 0 aromatic heterocycles. The molecule has 0 radical (unpaired) electrons. The van der Waals surface area contributed by atoms with Gasteiger partial charge in [0, 0.05) is 5.69 Å². The summed E-state index contributed by atoms with van der Waals surface area (Å²) in [6.45, 7) is 1.14. The molecule has 0 bridgehead atoms. The molecule has 0 saturated heterocycles. The van der Waals surface area contributed by atoms with Crippen molar-refractivity contribution in [2.45, 2.75) is 6.92 Å². The van der Waals surface area contributed by atoms with E-state index >= 15 is 0 Å². The lowest BCUT2D eigenvalue weighted by Crippen LogP contribution is -2.14. The van der Waals surface area contributed by atoms with Gasteiger partial charge in [0.2, 0.25) is 0 Å². The standard InChI is InChI=1S/C10H11NO4/c1-6-2-3-8(11)7(4-6)10(14)15-5-9(12)13/h2-4H,5,11H2,1H3,(H,12,13). The van der Waals surface area contributed by atoms with Crippen LogP contribution in [0.25, 0.3) is 0 Å². The Balaban J connectivity index is 2.81. The van der Waals surface area contributed by atoms with Crippen molar-refractivity contribution in [3.63, 3.8) is 0 Å². The first-order valence-electron chi connectivity index (χ1n) is 4.25. The summed E-state index contributed by atoms with van der Waals surface area (Å²) in [6.07, 6.45) is 0. The van der Waals surface area contributed by atoms with Crippen LogP contribution < -0.4 is 5.73 Å². The molecule has 0 aliphatic heterocycles. The minimum Gasteiger partial charge on any atom is -0.479 e. The third-order valence-corrected chi connectivity index (χ3v) is 1.76. The number of hydrogen-bond donors (Lipinski definition) is 2. The third-order valence-electron chi connectivity index (χ3n) is 1.76. The first-order valence-corrected chi connectivity index (χ1v) is 4.25. The van der Waals surface area contributed by atoms with Crippen LogP contribution in [0.1, 0.15) is 15.9 Å². The normalized spacial score (nSPS) is 9.67. The predicted molar refractivity (Wildman–Crippen MR) is 53.5 cm³/mol. The number of aliphatic carboxylic acids is 1. The van der Waals surface area contributed by atoms with E-state index in [9.17, 15) is 9.59 Å². The van der Waals surface area contributed by atoms with Crippen molar-refractivity contribution in [3.05, 3.63) is 29.3 Å². The Morgan fingerprint density at radius 3 is 2.73 bits per heavy atom. The number of carbonyl (C=O) groups excluding carboxylic acids is 1. The molecule has 0 spiro atoms. The Morgan fingerprint density at radius 1 is 1.47 bits per heavy atom. The summed E-state index contributed by atoms with van der Waals surface area (Å²) >= 11 is 0. The number of carboxylic acid groups (broad SMARTS) is 1. The molecule has 0 amide bonds. The van der Waals surface area contributed by atoms with Gasteiger partial charge in [-0.3, -0.25) is 0 Å². The maximum absolute atomic E-state index is 11.4. The number of carbonyl (C=O) groups is 2. The van der Waals surface area contributed by atoms with Crippen LogP contribution in [0.3, 0.4) is 0 Å². The van der Waals surface area contributed by atoms with E-state index in [4.69, 9.17) is 10.8 Å². The summed E-state index contributed by atoms with van der Waals surface area (Å²) in [6, 6.07) is 4.88. The molecular formula is C10H11NO4. The van der Waals surface area contributed by atoms with Crippen molar-refractivity contribution in [3.8, 4) is 0 Å². The van der Waals surface area contributed by atoms with E-state index in [2.05, 4.69) is 4.74 Å². The fourth-order valence-corrected chi connectivity index (χ4v) is 1.05.